The zero-order valence-corrected chi connectivity index (χ0v) is 11.0. The summed E-state index contributed by atoms with van der Waals surface area (Å²) >= 11 is 0. The van der Waals surface area contributed by atoms with Gasteiger partial charge in [-0.3, -0.25) is 0 Å². The van der Waals surface area contributed by atoms with Crippen LogP contribution in [0.2, 0.25) is 0 Å². The number of aliphatic hydroxyl groups excluding tert-OH is 1. The molecule has 1 N–H and O–H groups in total. The maximum atomic E-state index is 11.6. The Kier molecular flexibility index (Phi) is 3.71. The van der Waals surface area contributed by atoms with E-state index in [2.05, 4.69) is 19.6 Å². The summed E-state index contributed by atoms with van der Waals surface area (Å²) in [5.41, 5.74) is 2.67. The Morgan fingerprint density at radius 2 is 2.17 bits per heavy atom. The quantitative estimate of drug-likeness (QED) is 0.407. The van der Waals surface area contributed by atoms with E-state index in [1.54, 1.807) is 0 Å². The molecule has 0 radical (unpaired) electrons. The number of carbonyl (C=O) groups is 1. The van der Waals surface area contributed by atoms with Crippen LogP contribution in [-0.2, 0) is 9.53 Å². The van der Waals surface area contributed by atoms with Crippen molar-refractivity contribution in [3.63, 3.8) is 0 Å². The maximum absolute atomic E-state index is 11.6. The summed E-state index contributed by atoms with van der Waals surface area (Å²) in [6.07, 6.45) is 5.61. The molecule has 0 amide bonds. The van der Waals surface area contributed by atoms with E-state index in [0.717, 1.165) is 18.4 Å². The van der Waals surface area contributed by atoms with Gasteiger partial charge >= 0.3 is 5.97 Å². The lowest BCUT2D eigenvalue weighted by atomic mass is 9.88. The first-order valence-corrected chi connectivity index (χ1v) is 6.41. The molecule has 98 valence electrons. The van der Waals surface area contributed by atoms with Gasteiger partial charge in [-0.15, -0.1) is 0 Å². The molecular formula is C15H20O3. The molecule has 2 aliphatic rings. The molecule has 1 heterocycles. The Morgan fingerprint density at radius 1 is 1.44 bits per heavy atom. The fraction of sp³-hybridized carbons (Fsp3) is 0.533. The highest BCUT2D eigenvalue weighted by Crippen LogP contribution is 2.34. The summed E-state index contributed by atoms with van der Waals surface area (Å²) in [5.74, 6) is -0.259. The van der Waals surface area contributed by atoms with Crippen LogP contribution in [0.1, 0.15) is 33.1 Å². The van der Waals surface area contributed by atoms with Crippen LogP contribution in [0.25, 0.3) is 0 Å². The molecule has 1 saturated heterocycles. The van der Waals surface area contributed by atoms with Crippen molar-refractivity contribution < 1.29 is 14.6 Å². The van der Waals surface area contributed by atoms with E-state index in [1.165, 1.54) is 5.57 Å². The number of hydrogen-bond acceptors (Lipinski definition) is 3. The molecule has 0 spiro atoms. The van der Waals surface area contributed by atoms with E-state index >= 15 is 0 Å². The predicted octanol–water partition coefficient (Wildman–Crippen LogP) is 2.52. The molecule has 0 aromatic carbocycles. The van der Waals surface area contributed by atoms with Crippen LogP contribution in [0.5, 0.6) is 0 Å². The second-order valence-corrected chi connectivity index (χ2v) is 5.25. The van der Waals surface area contributed by atoms with Crippen molar-refractivity contribution in [3.05, 3.63) is 35.5 Å². The van der Waals surface area contributed by atoms with E-state index < -0.39 is 6.10 Å². The monoisotopic (exact) mass is 248 g/mol. The minimum atomic E-state index is -0.494. The number of carbonyl (C=O) groups excluding carboxylic acids is 1. The molecule has 3 atom stereocenters. The Balaban J connectivity index is 2.29. The molecule has 1 fully saturated rings. The number of rotatable bonds is 0. The number of allylic oxidation sites excluding steroid dienone is 1. The first-order valence-electron chi connectivity index (χ1n) is 6.41. The second kappa shape index (κ2) is 5.11. The first kappa shape index (κ1) is 13.1. The van der Waals surface area contributed by atoms with Crippen LogP contribution in [0, 0.1) is 5.92 Å². The lowest BCUT2D eigenvalue weighted by molar-refractivity contribution is -0.137. The van der Waals surface area contributed by atoms with Crippen molar-refractivity contribution in [2.75, 3.05) is 0 Å². The largest absolute Gasteiger partial charge is 0.454 e. The van der Waals surface area contributed by atoms with Gasteiger partial charge in [0.15, 0.2) is 0 Å². The predicted molar refractivity (Wildman–Crippen MR) is 69.9 cm³/mol. The minimum absolute atomic E-state index is 0.0427. The highest BCUT2D eigenvalue weighted by Gasteiger charge is 2.37. The molecule has 3 nitrogen and oxygen atoms in total. The van der Waals surface area contributed by atoms with Crippen LogP contribution in [0.3, 0.4) is 0 Å². The smallest absolute Gasteiger partial charge is 0.334 e. The van der Waals surface area contributed by atoms with Crippen molar-refractivity contribution in [2.45, 2.75) is 45.3 Å². The normalized spacial score (nSPS) is 33.4. The molecule has 18 heavy (non-hydrogen) atoms. The SMILES string of the molecule is C=C1C(=O)O[C@@H]2C=C(C)[C@@H](O)CC=C(C)CC[C@@H]12. The molecule has 0 unspecified atom stereocenters. The standard InChI is InChI=1S/C15H20O3/c1-9-4-6-12-11(3)15(17)18-14(12)8-10(2)13(16)7-5-9/h5,8,12-14,16H,3-4,6-7H2,1-2H3/t12-,13-,14+/m0/s1. The lowest BCUT2D eigenvalue weighted by Gasteiger charge is -2.19. The third kappa shape index (κ3) is 2.56. The molecule has 0 bridgehead atoms. The van der Waals surface area contributed by atoms with Crippen molar-refractivity contribution in [1.82, 2.24) is 0 Å². The molecule has 1 aliphatic heterocycles. The van der Waals surface area contributed by atoms with Gasteiger partial charge in [0.05, 0.1) is 6.10 Å². The van der Waals surface area contributed by atoms with Gasteiger partial charge in [0.25, 0.3) is 0 Å². The highest BCUT2D eigenvalue weighted by molar-refractivity contribution is 5.91. The summed E-state index contributed by atoms with van der Waals surface area (Å²) in [4.78, 5) is 11.6. The molecule has 2 rings (SSSR count). The lowest BCUT2D eigenvalue weighted by Crippen LogP contribution is -2.18. The number of hydrogen-bond donors (Lipinski definition) is 1. The molecule has 0 saturated carbocycles. The summed E-state index contributed by atoms with van der Waals surface area (Å²) < 4.78 is 5.32. The van der Waals surface area contributed by atoms with Crippen LogP contribution in [0.15, 0.2) is 35.5 Å². The van der Waals surface area contributed by atoms with Gasteiger partial charge in [-0.2, -0.15) is 0 Å². The number of ether oxygens (including phenoxy) is 1. The molecule has 1 aliphatic carbocycles. The van der Waals surface area contributed by atoms with E-state index in [0.29, 0.717) is 12.0 Å². The van der Waals surface area contributed by atoms with E-state index in [9.17, 15) is 9.90 Å². The minimum Gasteiger partial charge on any atom is -0.454 e. The first-order chi connectivity index (χ1) is 8.49. The maximum Gasteiger partial charge on any atom is 0.334 e. The summed E-state index contributed by atoms with van der Waals surface area (Å²) in [5, 5.41) is 9.99. The van der Waals surface area contributed by atoms with E-state index in [4.69, 9.17) is 4.74 Å². The summed E-state index contributed by atoms with van der Waals surface area (Å²) in [7, 11) is 0. The van der Waals surface area contributed by atoms with Crippen LogP contribution >= 0.6 is 0 Å². The Hall–Kier alpha value is -1.35. The van der Waals surface area contributed by atoms with Gasteiger partial charge in [-0.1, -0.05) is 18.2 Å². The van der Waals surface area contributed by atoms with Crippen LogP contribution in [-0.4, -0.2) is 23.3 Å². The Bertz CT molecular complexity index is 431. The fourth-order valence-corrected chi connectivity index (χ4v) is 2.47. The van der Waals surface area contributed by atoms with Gasteiger partial charge in [-0.05, 0) is 44.8 Å². The average Bonchev–Trinajstić information content (AvgIpc) is 2.59. The average molecular weight is 248 g/mol. The Labute approximate surface area is 108 Å². The van der Waals surface area contributed by atoms with Gasteiger partial charge in [0, 0.05) is 11.5 Å². The third-order valence-electron chi connectivity index (χ3n) is 3.84. The van der Waals surface area contributed by atoms with E-state index in [-0.39, 0.29) is 18.0 Å². The second-order valence-electron chi connectivity index (χ2n) is 5.25. The third-order valence-corrected chi connectivity index (χ3v) is 3.84. The topological polar surface area (TPSA) is 46.5 Å². The molecule has 3 heteroatoms. The van der Waals surface area contributed by atoms with Crippen LogP contribution < -0.4 is 0 Å². The van der Waals surface area contributed by atoms with Gasteiger partial charge in [0.1, 0.15) is 6.10 Å². The van der Waals surface area contributed by atoms with Crippen molar-refractivity contribution in [2.24, 2.45) is 5.92 Å². The zero-order chi connectivity index (χ0) is 13.3. The van der Waals surface area contributed by atoms with Crippen molar-refractivity contribution in [3.8, 4) is 0 Å². The highest BCUT2D eigenvalue weighted by atomic mass is 16.5. The van der Waals surface area contributed by atoms with E-state index in [1.807, 2.05) is 13.0 Å². The molecular weight excluding hydrogens is 228 g/mol. The number of aliphatic hydroxyl groups is 1. The van der Waals surface area contributed by atoms with Crippen LogP contribution in [0.4, 0.5) is 0 Å². The summed E-state index contributed by atoms with van der Waals surface area (Å²) in [6.45, 7) is 7.76. The summed E-state index contributed by atoms with van der Waals surface area (Å²) in [6, 6.07) is 0. The fourth-order valence-electron chi connectivity index (χ4n) is 2.47. The molecule has 0 aromatic heterocycles. The van der Waals surface area contributed by atoms with Gasteiger partial charge < -0.3 is 9.84 Å². The van der Waals surface area contributed by atoms with Crippen molar-refractivity contribution >= 4 is 5.97 Å². The van der Waals surface area contributed by atoms with Gasteiger partial charge in [-0.25, -0.2) is 4.79 Å². The zero-order valence-electron chi connectivity index (χ0n) is 11.0. The Morgan fingerprint density at radius 3 is 2.89 bits per heavy atom. The number of fused-ring (bicyclic) bond motifs is 1. The number of esters is 1. The molecule has 0 aromatic rings. The van der Waals surface area contributed by atoms with Gasteiger partial charge in [0.2, 0.25) is 0 Å². The van der Waals surface area contributed by atoms with Crippen molar-refractivity contribution in [1.29, 1.82) is 0 Å².